The molecule has 2 aromatic rings. The Morgan fingerprint density at radius 2 is 2.41 bits per heavy atom. The molecule has 22 heavy (non-hydrogen) atoms. The topological polar surface area (TPSA) is 140 Å². The maximum Gasteiger partial charge on any atom is 0.256 e. The number of aliphatic hydroxyl groups excluding tert-OH is 1. The molecule has 5 N–H and O–H groups in total. The van der Waals surface area contributed by atoms with Crippen LogP contribution < -0.4 is 16.4 Å². The van der Waals surface area contributed by atoms with Crippen LogP contribution in [0.1, 0.15) is 6.23 Å². The van der Waals surface area contributed by atoms with Gasteiger partial charge < -0.3 is 26.2 Å². The number of fused-ring (bicyclic) bond motifs is 3. The van der Waals surface area contributed by atoms with Crippen molar-refractivity contribution in [3.05, 3.63) is 12.7 Å². The molecule has 0 aliphatic carbocycles. The highest BCUT2D eigenvalue weighted by Gasteiger charge is 2.64. The number of amides is 1. The van der Waals surface area contributed by atoms with Crippen LogP contribution in [0, 0.1) is 0 Å². The molecule has 0 spiro atoms. The smallest absolute Gasteiger partial charge is 0.256 e. The lowest BCUT2D eigenvalue weighted by Crippen LogP contribution is -2.54. The Labute approximate surface area is 124 Å². The number of anilines is 1. The SMILES string of the molecule is CNC(=O)[C@@]12CN[C@@H]([C@H](n3cnc4c(N)ncnc43)O1)[C@@H]2O. The molecular weight excluding hydrogens is 290 g/mol. The minimum atomic E-state index is -1.31. The van der Waals surface area contributed by atoms with E-state index in [1.807, 2.05) is 0 Å². The van der Waals surface area contributed by atoms with Crippen molar-refractivity contribution < 1.29 is 14.6 Å². The first-order valence-corrected chi connectivity index (χ1v) is 6.83. The largest absolute Gasteiger partial charge is 0.388 e. The summed E-state index contributed by atoms with van der Waals surface area (Å²) < 4.78 is 7.55. The summed E-state index contributed by atoms with van der Waals surface area (Å²) >= 11 is 0. The number of morpholine rings is 1. The second kappa shape index (κ2) is 4.35. The van der Waals surface area contributed by atoms with Crippen LogP contribution in [0.4, 0.5) is 5.82 Å². The summed E-state index contributed by atoms with van der Waals surface area (Å²) in [4.78, 5) is 24.4. The number of ether oxygens (including phenoxy) is 1. The maximum atomic E-state index is 12.1. The van der Waals surface area contributed by atoms with E-state index in [4.69, 9.17) is 10.5 Å². The number of nitrogens with zero attached hydrogens (tertiary/aromatic N) is 4. The fraction of sp³-hybridized carbons (Fsp3) is 0.500. The first-order valence-electron chi connectivity index (χ1n) is 6.83. The van der Waals surface area contributed by atoms with E-state index >= 15 is 0 Å². The van der Waals surface area contributed by atoms with Crippen LogP contribution in [0.3, 0.4) is 0 Å². The van der Waals surface area contributed by atoms with E-state index in [-0.39, 0.29) is 18.3 Å². The second-order valence-corrected chi connectivity index (χ2v) is 5.41. The lowest BCUT2D eigenvalue weighted by Gasteiger charge is -2.30. The van der Waals surface area contributed by atoms with Gasteiger partial charge >= 0.3 is 0 Å². The van der Waals surface area contributed by atoms with Crippen molar-refractivity contribution in [2.45, 2.75) is 24.0 Å². The van der Waals surface area contributed by atoms with Gasteiger partial charge in [-0.2, -0.15) is 0 Å². The number of aliphatic hydroxyl groups is 1. The van der Waals surface area contributed by atoms with Gasteiger partial charge in [-0.3, -0.25) is 9.36 Å². The van der Waals surface area contributed by atoms with E-state index in [0.717, 1.165) is 0 Å². The second-order valence-electron chi connectivity index (χ2n) is 5.41. The summed E-state index contributed by atoms with van der Waals surface area (Å²) in [6.45, 7) is 0.249. The summed E-state index contributed by atoms with van der Waals surface area (Å²) in [5, 5.41) is 16.1. The van der Waals surface area contributed by atoms with Gasteiger partial charge in [0.2, 0.25) is 0 Å². The van der Waals surface area contributed by atoms with Crippen LogP contribution in [-0.4, -0.2) is 61.9 Å². The number of carbonyl (C=O) groups is 1. The van der Waals surface area contributed by atoms with Gasteiger partial charge in [0.05, 0.1) is 12.4 Å². The number of nitrogen functional groups attached to an aromatic ring is 1. The van der Waals surface area contributed by atoms with Crippen LogP contribution in [0.2, 0.25) is 0 Å². The Balaban J connectivity index is 1.78. The van der Waals surface area contributed by atoms with Gasteiger partial charge in [0, 0.05) is 13.6 Å². The molecule has 2 aliphatic heterocycles. The average Bonchev–Trinajstić information content (AvgIpc) is 3.18. The molecule has 4 rings (SSSR count). The summed E-state index contributed by atoms with van der Waals surface area (Å²) in [6.07, 6.45) is 1.28. The zero-order valence-electron chi connectivity index (χ0n) is 11.7. The minimum absolute atomic E-state index is 0.249. The number of aromatic nitrogens is 4. The lowest BCUT2D eigenvalue weighted by atomic mass is 9.98. The van der Waals surface area contributed by atoms with Gasteiger partial charge in [-0.25, -0.2) is 15.0 Å². The van der Waals surface area contributed by atoms with Crippen molar-refractivity contribution in [1.82, 2.24) is 30.2 Å². The molecule has 2 aromatic heterocycles. The molecule has 0 radical (unpaired) electrons. The van der Waals surface area contributed by atoms with Crippen molar-refractivity contribution in [2.75, 3.05) is 19.3 Å². The van der Waals surface area contributed by atoms with Gasteiger partial charge in [0.15, 0.2) is 23.3 Å². The van der Waals surface area contributed by atoms with Crippen molar-refractivity contribution in [3.8, 4) is 0 Å². The van der Waals surface area contributed by atoms with Gasteiger partial charge in [-0.05, 0) is 0 Å². The number of imidazole rings is 1. The Bertz CT molecular complexity index is 762. The number of nitrogens with two attached hydrogens (primary N) is 1. The van der Waals surface area contributed by atoms with E-state index in [9.17, 15) is 9.90 Å². The summed E-state index contributed by atoms with van der Waals surface area (Å²) in [5.41, 5.74) is 5.41. The molecule has 1 amide bonds. The first kappa shape index (κ1) is 13.4. The van der Waals surface area contributed by atoms with Crippen molar-refractivity contribution in [1.29, 1.82) is 0 Å². The van der Waals surface area contributed by atoms with Crippen LogP contribution >= 0.6 is 0 Å². The Hall–Kier alpha value is -2.30. The van der Waals surface area contributed by atoms with E-state index in [1.54, 1.807) is 4.57 Å². The highest BCUT2D eigenvalue weighted by molar-refractivity contribution is 5.87. The highest BCUT2D eigenvalue weighted by atomic mass is 16.6. The predicted molar refractivity (Wildman–Crippen MR) is 74.5 cm³/mol. The van der Waals surface area contributed by atoms with Crippen LogP contribution in [0.25, 0.3) is 11.2 Å². The third kappa shape index (κ3) is 1.48. The zero-order chi connectivity index (χ0) is 15.5. The minimum Gasteiger partial charge on any atom is -0.388 e. The first-order chi connectivity index (χ1) is 10.6. The van der Waals surface area contributed by atoms with Gasteiger partial charge in [0.1, 0.15) is 17.9 Å². The monoisotopic (exact) mass is 305 g/mol. The molecule has 10 heteroatoms. The molecule has 2 aliphatic rings. The molecule has 2 bridgehead atoms. The van der Waals surface area contributed by atoms with Crippen molar-refractivity contribution >= 4 is 22.9 Å². The molecule has 10 nitrogen and oxygen atoms in total. The third-order valence-electron chi connectivity index (χ3n) is 4.33. The lowest BCUT2D eigenvalue weighted by molar-refractivity contribution is -0.158. The van der Waals surface area contributed by atoms with Gasteiger partial charge in [-0.15, -0.1) is 0 Å². The van der Waals surface area contributed by atoms with E-state index in [1.165, 1.54) is 19.7 Å². The summed E-state index contributed by atoms with van der Waals surface area (Å²) in [7, 11) is 1.51. The standard InChI is InChI=1S/C12H15N7O3/c1-14-11(21)12-2-15-5(7(12)20)10(22-12)19-4-18-6-8(13)16-3-17-9(6)19/h3-5,7,10,15,20H,2H2,1H3,(H,14,21)(H2,13,16,17)/t5-,7+,10-,12+/m1/s1. The number of hydrogen-bond acceptors (Lipinski definition) is 8. The van der Waals surface area contributed by atoms with Crippen molar-refractivity contribution in [3.63, 3.8) is 0 Å². The molecule has 0 unspecified atom stereocenters. The summed E-state index contributed by atoms with van der Waals surface area (Å²) in [5.74, 6) is -0.0995. The zero-order valence-corrected chi connectivity index (χ0v) is 11.7. The number of hydrogen-bond donors (Lipinski definition) is 4. The van der Waals surface area contributed by atoms with Crippen LogP contribution in [0.5, 0.6) is 0 Å². The molecule has 0 saturated carbocycles. The average molecular weight is 305 g/mol. The number of likely N-dealkylation sites (N-methyl/N-ethyl adjacent to an activating group) is 1. The number of rotatable bonds is 2. The number of carbonyl (C=O) groups excluding carboxylic acids is 1. The van der Waals surface area contributed by atoms with Crippen LogP contribution in [-0.2, 0) is 9.53 Å². The fourth-order valence-corrected chi connectivity index (χ4v) is 3.20. The molecule has 116 valence electrons. The third-order valence-corrected chi connectivity index (χ3v) is 4.33. The highest BCUT2D eigenvalue weighted by Crippen LogP contribution is 2.42. The van der Waals surface area contributed by atoms with Gasteiger partial charge in [0.25, 0.3) is 5.91 Å². The van der Waals surface area contributed by atoms with Crippen molar-refractivity contribution in [2.24, 2.45) is 0 Å². The van der Waals surface area contributed by atoms with E-state index in [0.29, 0.717) is 11.2 Å². The van der Waals surface area contributed by atoms with Gasteiger partial charge in [-0.1, -0.05) is 0 Å². The quantitative estimate of drug-likeness (QED) is 0.488. The summed E-state index contributed by atoms with van der Waals surface area (Å²) in [6, 6.07) is -0.439. The normalized spacial score (nSPS) is 33.5. The molecular formula is C12H15N7O3. The van der Waals surface area contributed by atoms with Crippen LogP contribution in [0.15, 0.2) is 12.7 Å². The Kier molecular flexibility index (Phi) is 2.64. The van der Waals surface area contributed by atoms with E-state index < -0.39 is 24.0 Å². The molecule has 2 saturated heterocycles. The Morgan fingerprint density at radius 3 is 3.18 bits per heavy atom. The molecule has 0 aromatic carbocycles. The van der Waals surface area contributed by atoms with E-state index in [2.05, 4.69) is 25.6 Å². The number of nitrogens with one attached hydrogen (secondary N) is 2. The Morgan fingerprint density at radius 1 is 1.59 bits per heavy atom. The fourth-order valence-electron chi connectivity index (χ4n) is 3.20. The molecule has 2 fully saturated rings. The predicted octanol–water partition coefficient (Wildman–Crippen LogP) is -2.25. The molecule has 4 atom stereocenters. The molecule has 4 heterocycles. The maximum absolute atomic E-state index is 12.1.